The molecule has 1 aromatic heterocycles. The largest absolute Gasteiger partial charge is 0.373 e. The molecule has 0 N–H and O–H groups in total. The van der Waals surface area contributed by atoms with Gasteiger partial charge in [-0.05, 0) is 31.4 Å². The molecule has 1 aromatic rings. The van der Waals surface area contributed by atoms with E-state index in [-0.39, 0.29) is 21.5 Å². The molecule has 0 aromatic carbocycles. The van der Waals surface area contributed by atoms with Gasteiger partial charge in [0.25, 0.3) is 5.92 Å². The lowest BCUT2D eigenvalue weighted by Crippen LogP contribution is -2.39. The van der Waals surface area contributed by atoms with Crippen LogP contribution in [-0.2, 0) is 4.79 Å². The fourth-order valence-electron chi connectivity index (χ4n) is 3.33. The third-order valence-electron chi connectivity index (χ3n) is 5.19. The number of aryl methyl sites for hydroxylation is 1. The number of nitrogens with zero attached hydrogens (tertiary/aromatic N) is 2. The zero-order chi connectivity index (χ0) is 24.9. The Balaban J connectivity index is 0.00000227. The summed E-state index contributed by atoms with van der Waals surface area (Å²) in [4.78, 5) is 17.8. The van der Waals surface area contributed by atoms with Crippen molar-refractivity contribution in [3.63, 3.8) is 0 Å². The minimum absolute atomic E-state index is 0.0266. The fourth-order valence-corrected chi connectivity index (χ4v) is 4.90. The van der Waals surface area contributed by atoms with E-state index >= 15 is 0 Å². The number of thioether (sulfide) groups is 1. The molecule has 0 saturated carbocycles. The highest BCUT2D eigenvalue weighted by Crippen LogP contribution is 2.42. The first-order chi connectivity index (χ1) is 15.0. The summed E-state index contributed by atoms with van der Waals surface area (Å²) < 4.78 is 43.1. The molecule has 2 rings (SSSR count). The summed E-state index contributed by atoms with van der Waals surface area (Å²) in [5.41, 5.74) is 2.02. The first-order valence-corrected chi connectivity index (χ1v) is 11.6. The smallest absolute Gasteiger partial charge is 0.270 e. The minimum Gasteiger partial charge on any atom is -0.373 e. The van der Waals surface area contributed by atoms with Crippen LogP contribution in [0.15, 0.2) is 42.1 Å². The molecule has 8 heteroatoms. The van der Waals surface area contributed by atoms with E-state index in [0.29, 0.717) is 13.0 Å². The summed E-state index contributed by atoms with van der Waals surface area (Å²) in [7, 11) is 1.99. The summed E-state index contributed by atoms with van der Waals surface area (Å²) in [5, 5.41) is -0.0266. The highest BCUT2D eigenvalue weighted by Gasteiger charge is 2.35. The van der Waals surface area contributed by atoms with Gasteiger partial charge in [0.1, 0.15) is 6.29 Å². The zero-order valence-electron chi connectivity index (χ0n) is 20.0. The third kappa shape index (κ3) is 9.76. The normalized spacial score (nSPS) is 16.6. The number of halogens is 4. The van der Waals surface area contributed by atoms with Crippen molar-refractivity contribution in [2.24, 2.45) is 5.92 Å². The second-order valence-electron chi connectivity index (χ2n) is 8.05. The standard InChI is InChI=1S/C22H30F2N2OS.C2H6.F2/c1-16-9-10-19(14-25-16)26(5)15-18(11-12-27)21(2,3)28-20-8-6-7-17(13-20)22(4,23)24;2*1-2/h6-7,9-10,12-14,18,20H,8,11,15H2,1-5H3;1-2H3;. The molecule has 0 saturated heterocycles. The van der Waals surface area contributed by atoms with Crippen LogP contribution in [0.5, 0.6) is 0 Å². The Bertz CT molecular complexity index is 731. The van der Waals surface area contributed by atoms with Crippen molar-refractivity contribution in [1.82, 2.24) is 4.98 Å². The molecule has 0 radical (unpaired) electrons. The maximum Gasteiger partial charge on any atom is 0.270 e. The van der Waals surface area contributed by atoms with Crippen LogP contribution in [0.4, 0.5) is 23.6 Å². The van der Waals surface area contributed by atoms with Gasteiger partial charge in [-0.2, -0.15) is 0 Å². The average molecular weight is 477 g/mol. The van der Waals surface area contributed by atoms with E-state index in [1.807, 2.05) is 52.2 Å². The predicted octanol–water partition coefficient (Wildman–Crippen LogP) is 7.32. The van der Waals surface area contributed by atoms with E-state index < -0.39 is 5.92 Å². The van der Waals surface area contributed by atoms with Crippen molar-refractivity contribution in [3.8, 4) is 0 Å². The Hall–Kier alpha value is -1.83. The van der Waals surface area contributed by atoms with Crippen LogP contribution in [0.3, 0.4) is 0 Å². The molecule has 0 aliphatic heterocycles. The summed E-state index contributed by atoms with van der Waals surface area (Å²) in [5.74, 6) is -2.76. The SMILES string of the molecule is CC.Cc1ccc(N(C)CC(CC=O)C(C)(C)SC2C=C(C(C)(F)F)C=CC2)cn1.FF. The molecule has 0 fully saturated rings. The van der Waals surface area contributed by atoms with Crippen LogP contribution in [0, 0.1) is 12.8 Å². The molecule has 0 bridgehead atoms. The van der Waals surface area contributed by atoms with Crippen LogP contribution in [0.2, 0.25) is 0 Å². The summed E-state index contributed by atoms with van der Waals surface area (Å²) >= 11 is 1.67. The van der Waals surface area contributed by atoms with Gasteiger partial charge in [0.2, 0.25) is 0 Å². The molecule has 1 heterocycles. The van der Waals surface area contributed by atoms with Gasteiger partial charge in [0, 0.05) is 57.3 Å². The Kier molecular flexibility index (Phi) is 13.5. The van der Waals surface area contributed by atoms with E-state index in [1.54, 1.807) is 17.8 Å². The molecule has 2 atom stereocenters. The van der Waals surface area contributed by atoms with Gasteiger partial charge in [-0.1, -0.05) is 45.9 Å². The predicted molar refractivity (Wildman–Crippen MR) is 128 cm³/mol. The molecule has 182 valence electrons. The van der Waals surface area contributed by atoms with Crippen molar-refractivity contribution >= 4 is 23.7 Å². The van der Waals surface area contributed by atoms with Gasteiger partial charge in [-0.3, -0.25) is 4.98 Å². The summed E-state index contributed by atoms with van der Waals surface area (Å²) in [6.45, 7) is 11.8. The van der Waals surface area contributed by atoms with Crippen LogP contribution < -0.4 is 4.90 Å². The maximum absolute atomic E-state index is 13.7. The monoisotopic (exact) mass is 476 g/mol. The van der Waals surface area contributed by atoms with Gasteiger partial charge < -0.3 is 9.69 Å². The molecule has 1 aliphatic carbocycles. The lowest BCUT2D eigenvalue weighted by molar-refractivity contribution is -0.108. The van der Waals surface area contributed by atoms with E-state index in [2.05, 4.69) is 23.7 Å². The maximum atomic E-state index is 13.7. The number of anilines is 1. The Morgan fingerprint density at radius 1 is 1.25 bits per heavy atom. The van der Waals surface area contributed by atoms with Crippen LogP contribution in [0.25, 0.3) is 0 Å². The molecule has 2 unspecified atom stereocenters. The number of allylic oxidation sites excluding steroid dienone is 3. The number of carbonyl (C=O) groups excluding carboxylic acids is 1. The number of hydrogen-bond acceptors (Lipinski definition) is 4. The van der Waals surface area contributed by atoms with Crippen LogP contribution in [0.1, 0.15) is 53.2 Å². The minimum atomic E-state index is -2.83. The quantitative estimate of drug-likeness (QED) is 0.276. The van der Waals surface area contributed by atoms with Crippen molar-refractivity contribution in [1.29, 1.82) is 0 Å². The Labute approximate surface area is 194 Å². The second-order valence-corrected chi connectivity index (χ2v) is 9.94. The Morgan fingerprint density at radius 3 is 2.38 bits per heavy atom. The first-order valence-electron chi connectivity index (χ1n) is 10.7. The molecule has 0 spiro atoms. The van der Waals surface area contributed by atoms with Crippen LogP contribution >= 0.6 is 11.8 Å². The second kappa shape index (κ2) is 14.3. The van der Waals surface area contributed by atoms with E-state index in [9.17, 15) is 13.6 Å². The number of carbonyl (C=O) groups is 1. The lowest BCUT2D eigenvalue weighted by Gasteiger charge is -2.38. The van der Waals surface area contributed by atoms with Crippen molar-refractivity contribution in [3.05, 3.63) is 47.8 Å². The highest BCUT2D eigenvalue weighted by molar-refractivity contribution is 8.01. The fraction of sp³-hybridized carbons (Fsp3) is 0.583. The van der Waals surface area contributed by atoms with E-state index in [0.717, 1.165) is 31.0 Å². The van der Waals surface area contributed by atoms with E-state index in [4.69, 9.17) is 9.15 Å². The van der Waals surface area contributed by atoms with Gasteiger partial charge in [-0.25, -0.2) is 8.78 Å². The average Bonchev–Trinajstić information content (AvgIpc) is 2.76. The lowest BCUT2D eigenvalue weighted by atomic mass is 9.91. The molecule has 32 heavy (non-hydrogen) atoms. The number of pyridine rings is 1. The highest BCUT2D eigenvalue weighted by atomic mass is 32.2. The van der Waals surface area contributed by atoms with Crippen LogP contribution in [-0.4, -0.2) is 40.8 Å². The van der Waals surface area contributed by atoms with Crippen molar-refractivity contribution in [2.75, 3.05) is 18.5 Å². The topological polar surface area (TPSA) is 33.2 Å². The molecule has 0 amide bonds. The molecule has 1 aliphatic rings. The molecular formula is C24H36F4N2OS. The third-order valence-corrected chi connectivity index (χ3v) is 6.76. The number of aromatic nitrogens is 1. The summed E-state index contributed by atoms with van der Waals surface area (Å²) in [6, 6.07) is 3.98. The first kappa shape index (κ1) is 30.2. The van der Waals surface area contributed by atoms with E-state index in [1.165, 1.54) is 6.08 Å². The molecule has 3 nitrogen and oxygen atoms in total. The van der Waals surface area contributed by atoms with Crippen molar-refractivity contribution < 1.29 is 22.7 Å². The van der Waals surface area contributed by atoms with Gasteiger partial charge in [0.15, 0.2) is 0 Å². The zero-order valence-corrected chi connectivity index (χ0v) is 20.9. The van der Waals surface area contributed by atoms with Gasteiger partial charge in [0.05, 0.1) is 11.9 Å². The number of hydrogen-bond donors (Lipinski definition) is 0. The number of alkyl halides is 2. The molecular weight excluding hydrogens is 440 g/mol. The summed E-state index contributed by atoms with van der Waals surface area (Å²) in [6.07, 6.45) is 8.95. The van der Waals surface area contributed by atoms with Crippen molar-refractivity contribution in [2.45, 2.75) is 70.3 Å². The van der Waals surface area contributed by atoms with Gasteiger partial charge in [-0.15, -0.1) is 11.8 Å². The number of rotatable bonds is 9. The van der Waals surface area contributed by atoms with Gasteiger partial charge >= 0.3 is 0 Å². The Morgan fingerprint density at radius 2 is 1.88 bits per heavy atom. The number of aldehydes is 1.